The first kappa shape index (κ1) is 21.1. The van der Waals surface area contributed by atoms with Crippen LogP contribution in [-0.4, -0.2) is 66.7 Å². The summed E-state index contributed by atoms with van der Waals surface area (Å²) in [5.41, 5.74) is 1.09. The lowest BCUT2D eigenvalue weighted by atomic mass is 10.2. The Kier molecular flexibility index (Phi) is 9.53. The molecule has 0 spiro atoms. The fourth-order valence-electron chi connectivity index (χ4n) is 2.67. The second kappa shape index (κ2) is 10.8. The van der Waals surface area contributed by atoms with E-state index in [0.29, 0.717) is 13.1 Å². The molecule has 1 aromatic carbocycles. The van der Waals surface area contributed by atoms with Gasteiger partial charge in [-0.1, -0.05) is 12.1 Å². The van der Waals surface area contributed by atoms with E-state index in [1.54, 1.807) is 0 Å². The average molecular weight is 450 g/mol. The molecule has 1 aliphatic rings. The molecule has 1 heterocycles. The molecule has 0 radical (unpaired) electrons. The van der Waals surface area contributed by atoms with E-state index in [2.05, 4.69) is 20.1 Å². The number of likely N-dealkylation sites (tertiary alicyclic amines) is 1. The summed E-state index contributed by atoms with van der Waals surface area (Å²) in [5, 5.41) is 12.9. The number of guanidine groups is 1. The Bertz CT molecular complexity index is 512. The fourth-order valence-corrected chi connectivity index (χ4v) is 2.67. The molecule has 1 aromatic rings. The van der Waals surface area contributed by atoms with Gasteiger partial charge in [0.05, 0.1) is 12.6 Å². The predicted octanol–water partition coefficient (Wildman–Crippen LogP) is 1.91. The molecule has 1 saturated heterocycles. The van der Waals surface area contributed by atoms with Gasteiger partial charge in [0.1, 0.15) is 5.82 Å². The Labute approximate surface area is 161 Å². The number of hydrogen-bond acceptors (Lipinski definition) is 3. The third-order valence-corrected chi connectivity index (χ3v) is 3.91. The summed E-state index contributed by atoms with van der Waals surface area (Å²) in [6, 6.07) is 6.60. The minimum atomic E-state index is -0.250. The largest absolute Gasteiger partial charge is 0.391 e. The van der Waals surface area contributed by atoms with E-state index in [0.717, 1.165) is 44.1 Å². The van der Waals surface area contributed by atoms with Gasteiger partial charge in [0.15, 0.2) is 5.96 Å². The van der Waals surface area contributed by atoms with Gasteiger partial charge in [-0.15, -0.1) is 24.0 Å². The molecule has 7 heteroatoms. The van der Waals surface area contributed by atoms with Crippen molar-refractivity contribution in [3.8, 4) is 0 Å². The highest BCUT2D eigenvalue weighted by Gasteiger charge is 2.22. The van der Waals surface area contributed by atoms with Gasteiger partial charge in [0, 0.05) is 32.7 Å². The van der Waals surface area contributed by atoms with E-state index in [1.807, 2.05) is 26.1 Å². The Morgan fingerprint density at radius 3 is 2.71 bits per heavy atom. The molecule has 2 rings (SSSR count). The van der Waals surface area contributed by atoms with Crippen molar-refractivity contribution in [1.82, 2.24) is 15.1 Å². The topological polar surface area (TPSA) is 51.1 Å². The highest BCUT2D eigenvalue weighted by molar-refractivity contribution is 14.0. The van der Waals surface area contributed by atoms with Crippen molar-refractivity contribution >= 4 is 29.9 Å². The van der Waals surface area contributed by atoms with E-state index in [9.17, 15) is 9.50 Å². The van der Waals surface area contributed by atoms with Gasteiger partial charge in [-0.25, -0.2) is 4.39 Å². The molecule has 0 saturated carbocycles. The van der Waals surface area contributed by atoms with E-state index < -0.39 is 0 Å². The maximum absolute atomic E-state index is 12.9. The van der Waals surface area contributed by atoms with Crippen LogP contribution in [0.1, 0.15) is 18.9 Å². The first-order valence-corrected chi connectivity index (χ1v) is 8.22. The van der Waals surface area contributed by atoms with Crippen LogP contribution in [0.4, 0.5) is 4.39 Å². The molecule has 1 atom stereocenters. The molecule has 0 aliphatic carbocycles. The van der Waals surface area contributed by atoms with Gasteiger partial charge in [-0.2, -0.15) is 0 Å². The van der Waals surface area contributed by atoms with Gasteiger partial charge in [-0.3, -0.25) is 4.99 Å². The van der Waals surface area contributed by atoms with E-state index in [-0.39, 0.29) is 35.9 Å². The quantitative estimate of drug-likeness (QED) is 0.395. The second-order valence-electron chi connectivity index (χ2n) is 5.99. The number of hydrogen-bond donors (Lipinski definition) is 2. The number of aliphatic hydroxyl groups excluding tert-OH is 1. The van der Waals surface area contributed by atoms with Crippen molar-refractivity contribution in [2.45, 2.75) is 26.0 Å². The number of β-amino-alcohol motifs (C(OH)–C–C–N with tert-alkyl or cyclic N) is 1. The van der Waals surface area contributed by atoms with Crippen molar-refractivity contribution in [3.05, 3.63) is 35.6 Å². The summed E-state index contributed by atoms with van der Waals surface area (Å²) in [5.74, 6) is 0.670. The molecule has 24 heavy (non-hydrogen) atoms. The number of rotatable bonds is 6. The third-order valence-electron chi connectivity index (χ3n) is 3.91. The van der Waals surface area contributed by atoms with Crippen molar-refractivity contribution in [3.63, 3.8) is 0 Å². The van der Waals surface area contributed by atoms with Crippen LogP contribution in [0.5, 0.6) is 0 Å². The zero-order valence-corrected chi connectivity index (χ0v) is 16.7. The monoisotopic (exact) mass is 450 g/mol. The summed E-state index contributed by atoms with van der Waals surface area (Å²) in [6.45, 7) is 6.64. The molecule has 0 bridgehead atoms. The first-order chi connectivity index (χ1) is 11.1. The lowest BCUT2D eigenvalue weighted by Crippen LogP contribution is -2.41. The summed E-state index contributed by atoms with van der Waals surface area (Å²) in [6.07, 6.45) is 0.550. The molecule has 0 amide bonds. The van der Waals surface area contributed by atoms with Gasteiger partial charge >= 0.3 is 0 Å². The standard InChI is InChI=1S/C17H27FN4O.HI/c1-3-19-17(22-10-8-16(23)13-22)20-9-11-21(2)12-14-4-6-15(18)7-5-14;/h4-7,16,23H,3,8-13H2,1-2H3,(H,19,20);1H/t16-;/m1./s1. The summed E-state index contributed by atoms with van der Waals surface area (Å²) >= 11 is 0. The van der Waals surface area contributed by atoms with Crippen LogP contribution in [0, 0.1) is 5.82 Å². The van der Waals surface area contributed by atoms with Crippen LogP contribution < -0.4 is 5.32 Å². The molecule has 1 fully saturated rings. The molecule has 136 valence electrons. The number of halogens is 2. The van der Waals surface area contributed by atoms with Crippen molar-refractivity contribution in [1.29, 1.82) is 0 Å². The summed E-state index contributed by atoms with van der Waals surface area (Å²) in [7, 11) is 2.03. The van der Waals surface area contributed by atoms with Crippen LogP contribution in [0.15, 0.2) is 29.3 Å². The molecule has 1 aliphatic heterocycles. The second-order valence-corrected chi connectivity index (χ2v) is 5.99. The normalized spacial score (nSPS) is 18.0. The highest BCUT2D eigenvalue weighted by Crippen LogP contribution is 2.09. The molecule has 0 aromatic heterocycles. The lowest BCUT2D eigenvalue weighted by molar-refractivity contribution is 0.187. The zero-order valence-electron chi connectivity index (χ0n) is 14.4. The van der Waals surface area contributed by atoms with Crippen LogP contribution in [0.3, 0.4) is 0 Å². The fraction of sp³-hybridized carbons (Fsp3) is 0.588. The maximum atomic E-state index is 12.9. The number of benzene rings is 1. The minimum absolute atomic E-state index is 0. The Morgan fingerprint density at radius 1 is 1.42 bits per heavy atom. The third kappa shape index (κ3) is 6.90. The SMILES string of the molecule is CCNC(=NCCN(C)Cc1ccc(F)cc1)N1CC[C@@H](O)C1.I. The minimum Gasteiger partial charge on any atom is -0.391 e. The molecule has 5 nitrogen and oxygen atoms in total. The zero-order chi connectivity index (χ0) is 16.7. The van der Waals surface area contributed by atoms with Gasteiger partial charge < -0.3 is 20.2 Å². The van der Waals surface area contributed by atoms with Gasteiger partial charge in [-0.05, 0) is 38.1 Å². The lowest BCUT2D eigenvalue weighted by Gasteiger charge is -2.21. The van der Waals surface area contributed by atoms with Crippen LogP contribution in [0.2, 0.25) is 0 Å². The summed E-state index contributed by atoms with van der Waals surface area (Å²) < 4.78 is 12.9. The Hall–Kier alpha value is -0.930. The molecule has 0 unspecified atom stereocenters. The van der Waals surface area contributed by atoms with Crippen molar-refractivity contribution in [2.24, 2.45) is 4.99 Å². The number of aliphatic imine (C=N–C) groups is 1. The van der Waals surface area contributed by atoms with Crippen LogP contribution in [0.25, 0.3) is 0 Å². The van der Waals surface area contributed by atoms with Crippen molar-refractivity contribution < 1.29 is 9.50 Å². The van der Waals surface area contributed by atoms with Gasteiger partial charge in [0.2, 0.25) is 0 Å². The van der Waals surface area contributed by atoms with E-state index >= 15 is 0 Å². The van der Waals surface area contributed by atoms with Crippen LogP contribution in [-0.2, 0) is 6.54 Å². The van der Waals surface area contributed by atoms with E-state index in [1.165, 1.54) is 12.1 Å². The number of aliphatic hydroxyl groups is 1. The van der Waals surface area contributed by atoms with Crippen molar-refractivity contribution in [2.75, 3.05) is 39.8 Å². The molecular formula is C17H28FIN4O. The number of nitrogens with zero attached hydrogens (tertiary/aromatic N) is 3. The smallest absolute Gasteiger partial charge is 0.194 e. The Morgan fingerprint density at radius 2 is 2.12 bits per heavy atom. The number of nitrogens with one attached hydrogen (secondary N) is 1. The highest BCUT2D eigenvalue weighted by atomic mass is 127. The van der Waals surface area contributed by atoms with Crippen LogP contribution >= 0.6 is 24.0 Å². The molecule has 2 N–H and O–H groups in total. The average Bonchev–Trinajstić information content (AvgIpc) is 2.95. The summed E-state index contributed by atoms with van der Waals surface area (Å²) in [4.78, 5) is 8.92. The predicted molar refractivity (Wildman–Crippen MR) is 106 cm³/mol. The molecular weight excluding hydrogens is 422 g/mol. The van der Waals surface area contributed by atoms with Gasteiger partial charge in [0.25, 0.3) is 0 Å². The first-order valence-electron chi connectivity index (χ1n) is 8.22. The maximum Gasteiger partial charge on any atom is 0.194 e. The number of likely N-dealkylation sites (N-methyl/N-ethyl adjacent to an activating group) is 1. The van der Waals surface area contributed by atoms with E-state index in [4.69, 9.17) is 0 Å². The Balaban J connectivity index is 0.00000288.